The van der Waals surface area contributed by atoms with Crippen molar-refractivity contribution in [1.82, 2.24) is 0 Å². The van der Waals surface area contributed by atoms with E-state index in [0.717, 1.165) is 5.56 Å². The number of sulfonamides is 1. The number of nitrogens with zero attached hydrogens (tertiary/aromatic N) is 2. The monoisotopic (exact) mass is 315 g/mol. The Balaban J connectivity index is 1.92. The van der Waals surface area contributed by atoms with Crippen LogP contribution >= 0.6 is 0 Å². The molecule has 1 aliphatic heterocycles. The molecule has 2 aromatic rings. The average molecular weight is 315 g/mol. The lowest BCUT2D eigenvalue weighted by molar-refractivity contribution is -0.116. The van der Waals surface area contributed by atoms with Crippen LogP contribution in [0.3, 0.4) is 0 Å². The molecule has 0 aromatic heterocycles. The lowest BCUT2D eigenvalue weighted by Gasteiger charge is -2.11. The second-order valence-electron chi connectivity index (χ2n) is 4.83. The molecule has 2 N–H and O–H groups in total. The van der Waals surface area contributed by atoms with Crippen LogP contribution in [0.4, 0.5) is 5.69 Å². The number of benzene rings is 2. The van der Waals surface area contributed by atoms with Gasteiger partial charge in [-0.05, 0) is 29.8 Å². The highest BCUT2D eigenvalue weighted by atomic mass is 32.2. The summed E-state index contributed by atoms with van der Waals surface area (Å²) in [5, 5.41) is 10.6. The molecule has 0 unspecified atom stereocenters. The molecule has 3 rings (SSSR count). The summed E-state index contributed by atoms with van der Waals surface area (Å²) in [6, 6.07) is 15.2. The Hall–Kier alpha value is -2.51. The molecule has 7 heteroatoms. The van der Waals surface area contributed by atoms with Crippen LogP contribution in [0.2, 0.25) is 0 Å². The quantitative estimate of drug-likeness (QED) is 0.929. The van der Waals surface area contributed by atoms with E-state index >= 15 is 0 Å². The predicted octanol–water partition coefficient (Wildman–Crippen LogP) is 1.48. The molecule has 0 atom stereocenters. The van der Waals surface area contributed by atoms with Gasteiger partial charge in [0.05, 0.1) is 22.7 Å². The summed E-state index contributed by atoms with van der Waals surface area (Å²) in [6.45, 7) is 0. The van der Waals surface area contributed by atoms with E-state index in [9.17, 15) is 13.2 Å². The maximum atomic E-state index is 12.1. The highest BCUT2D eigenvalue weighted by molar-refractivity contribution is 7.89. The van der Waals surface area contributed by atoms with E-state index in [1.165, 1.54) is 29.3 Å². The molecule has 0 bridgehead atoms. The number of hydrogen-bond donors (Lipinski definition) is 1. The zero-order chi connectivity index (χ0) is 15.7. The van der Waals surface area contributed by atoms with Crippen LogP contribution in [0.15, 0.2) is 64.6 Å². The van der Waals surface area contributed by atoms with Gasteiger partial charge in [-0.3, -0.25) is 4.79 Å². The van der Waals surface area contributed by atoms with Crippen molar-refractivity contribution in [2.75, 3.05) is 5.01 Å². The predicted molar refractivity (Wildman–Crippen MR) is 82.9 cm³/mol. The molecule has 0 radical (unpaired) electrons. The van der Waals surface area contributed by atoms with Crippen molar-refractivity contribution >= 4 is 27.3 Å². The molecule has 22 heavy (non-hydrogen) atoms. The first-order chi connectivity index (χ1) is 10.4. The Morgan fingerprint density at radius 1 is 1.00 bits per heavy atom. The fourth-order valence-electron chi connectivity index (χ4n) is 2.20. The number of amides is 1. The summed E-state index contributed by atoms with van der Waals surface area (Å²) in [5.41, 5.74) is 2.07. The first-order valence-electron chi connectivity index (χ1n) is 6.54. The van der Waals surface area contributed by atoms with Gasteiger partial charge in [0.2, 0.25) is 10.0 Å². The summed E-state index contributed by atoms with van der Waals surface area (Å²) < 4.78 is 22.5. The summed E-state index contributed by atoms with van der Waals surface area (Å²) in [7, 11) is -3.75. The number of anilines is 1. The van der Waals surface area contributed by atoms with Crippen molar-refractivity contribution < 1.29 is 13.2 Å². The van der Waals surface area contributed by atoms with Crippen molar-refractivity contribution in [1.29, 1.82) is 0 Å². The Labute approximate surface area is 127 Å². The van der Waals surface area contributed by atoms with Gasteiger partial charge in [-0.1, -0.05) is 30.3 Å². The summed E-state index contributed by atoms with van der Waals surface area (Å²) >= 11 is 0. The molecule has 6 nitrogen and oxygen atoms in total. The van der Waals surface area contributed by atoms with Gasteiger partial charge in [-0.2, -0.15) is 5.10 Å². The molecule has 0 spiro atoms. The number of rotatable bonds is 3. The van der Waals surface area contributed by atoms with Crippen LogP contribution in [-0.4, -0.2) is 20.0 Å². The maximum Gasteiger partial charge on any atom is 0.253 e. The molecule has 1 amide bonds. The molecule has 1 aliphatic rings. The molecule has 0 fully saturated rings. The van der Waals surface area contributed by atoms with Crippen molar-refractivity contribution in [2.45, 2.75) is 11.3 Å². The minimum Gasteiger partial charge on any atom is -0.272 e. The molecule has 0 aliphatic carbocycles. The van der Waals surface area contributed by atoms with Gasteiger partial charge in [0.15, 0.2) is 0 Å². The standard InChI is InChI=1S/C15H13N3O3S/c16-22(20,21)13-8-6-12(7-9-13)18-15(19)10-14(17-18)11-4-2-1-3-5-11/h1-9H,10H2,(H2,16,20,21). The largest absolute Gasteiger partial charge is 0.272 e. The number of hydrazone groups is 1. The van der Waals surface area contributed by atoms with Crippen LogP contribution in [0, 0.1) is 0 Å². The Bertz CT molecular complexity index is 843. The first kappa shape index (κ1) is 14.4. The number of carbonyl (C=O) groups is 1. The Morgan fingerprint density at radius 2 is 1.64 bits per heavy atom. The van der Waals surface area contributed by atoms with Gasteiger partial charge in [0.1, 0.15) is 0 Å². The lowest BCUT2D eigenvalue weighted by Crippen LogP contribution is -2.19. The molecule has 0 saturated heterocycles. The number of primary sulfonamides is 1. The van der Waals surface area contributed by atoms with Crippen molar-refractivity contribution in [2.24, 2.45) is 10.2 Å². The van der Waals surface area contributed by atoms with Gasteiger partial charge in [0.25, 0.3) is 5.91 Å². The topological polar surface area (TPSA) is 92.8 Å². The van der Waals surface area contributed by atoms with E-state index < -0.39 is 10.0 Å². The zero-order valence-corrected chi connectivity index (χ0v) is 12.3. The van der Waals surface area contributed by atoms with E-state index in [0.29, 0.717) is 11.4 Å². The van der Waals surface area contributed by atoms with Gasteiger partial charge in [0, 0.05) is 0 Å². The minimum atomic E-state index is -3.75. The first-order valence-corrected chi connectivity index (χ1v) is 8.08. The van der Waals surface area contributed by atoms with E-state index in [-0.39, 0.29) is 17.2 Å². The smallest absolute Gasteiger partial charge is 0.253 e. The third-order valence-corrected chi connectivity index (χ3v) is 4.22. The summed E-state index contributed by atoms with van der Waals surface area (Å²) in [4.78, 5) is 12.1. The van der Waals surface area contributed by atoms with E-state index in [1.807, 2.05) is 30.3 Å². The summed E-state index contributed by atoms with van der Waals surface area (Å²) in [6.07, 6.45) is 0.209. The minimum absolute atomic E-state index is 0.00448. The normalized spacial score (nSPS) is 15.0. The SMILES string of the molecule is NS(=O)(=O)c1ccc(N2N=C(c3ccccc3)CC2=O)cc1. The van der Waals surface area contributed by atoms with Crippen LogP contribution < -0.4 is 10.1 Å². The number of carbonyl (C=O) groups excluding carboxylic acids is 1. The molecule has 1 heterocycles. The highest BCUT2D eigenvalue weighted by Crippen LogP contribution is 2.24. The number of nitrogens with two attached hydrogens (primary N) is 1. The number of hydrogen-bond acceptors (Lipinski definition) is 4. The van der Waals surface area contributed by atoms with Crippen molar-refractivity contribution in [3.8, 4) is 0 Å². The van der Waals surface area contributed by atoms with Crippen molar-refractivity contribution in [3.05, 3.63) is 60.2 Å². The van der Waals surface area contributed by atoms with E-state index in [4.69, 9.17) is 5.14 Å². The van der Waals surface area contributed by atoms with E-state index in [2.05, 4.69) is 5.10 Å². The second kappa shape index (κ2) is 5.36. The van der Waals surface area contributed by atoms with E-state index in [1.54, 1.807) is 0 Å². The van der Waals surface area contributed by atoms with Crippen LogP contribution in [0.25, 0.3) is 0 Å². The van der Waals surface area contributed by atoms with Gasteiger partial charge >= 0.3 is 0 Å². The molecule has 112 valence electrons. The van der Waals surface area contributed by atoms with Gasteiger partial charge < -0.3 is 0 Å². The maximum absolute atomic E-state index is 12.1. The molecule has 0 saturated carbocycles. The van der Waals surface area contributed by atoms with Gasteiger partial charge in [-0.15, -0.1) is 0 Å². The zero-order valence-electron chi connectivity index (χ0n) is 11.5. The van der Waals surface area contributed by atoms with Crippen LogP contribution in [0.5, 0.6) is 0 Å². The third kappa shape index (κ3) is 2.76. The Kier molecular flexibility index (Phi) is 3.51. The van der Waals surface area contributed by atoms with Crippen LogP contribution in [-0.2, 0) is 14.8 Å². The fourth-order valence-corrected chi connectivity index (χ4v) is 2.71. The average Bonchev–Trinajstić information content (AvgIpc) is 2.89. The molecular formula is C15H13N3O3S. The fraction of sp³-hybridized carbons (Fsp3) is 0.0667. The van der Waals surface area contributed by atoms with Crippen LogP contribution in [0.1, 0.15) is 12.0 Å². The Morgan fingerprint density at radius 3 is 2.23 bits per heavy atom. The van der Waals surface area contributed by atoms with Gasteiger partial charge in [-0.25, -0.2) is 18.6 Å². The van der Waals surface area contributed by atoms with Crippen molar-refractivity contribution in [3.63, 3.8) is 0 Å². The molecule has 2 aromatic carbocycles. The second-order valence-corrected chi connectivity index (χ2v) is 6.40. The molecular weight excluding hydrogens is 302 g/mol. The highest BCUT2D eigenvalue weighted by Gasteiger charge is 2.26. The summed E-state index contributed by atoms with van der Waals surface area (Å²) in [5.74, 6) is -0.165. The lowest BCUT2D eigenvalue weighted by atomic mass is 10.1. The third-order valence-electron chi connectivity index (χ3n) is 3.29.